The van der Waals surface area contributed by atoms with Crippen molar-refractivity contribution in [3.05, 3.63) is 28.7 Å². The quantitative estimate of drug-likeness (QED) is 0.804. The van der Waals surface area contributed by atoms with Gasteiger partial charge in [0.05, 0.1) is 0 Å². The van der Waals surface area contributed by atoms with E-state index in [1.165, 1.54) is 4.80 Å². The third kappa shape index (κ3) is 4.12. The number of carbonyl (C=O) groups is 1. The summed E-state index contributed by atoms with van der Waals surface area (Å²) < 4.78 is 6.17. The molecule has 0 radical (unpaired) electrons. The highest BCUT2D eigenvalue weighted by Gasteiger charge is 2.17. The maximum atomic E-state index is 11.7. The van der Waals surface area contributed by atoms with Crippen LogP contribution in [0.25, 0.3) is 11.4 Å². The van der Waals surface area contributed by atoms with E-state index in [1.54, 1.807) is 0 Å². The summed E-state index contributed by atoms with van der Waals surface area (Å²) in [6, 6.07) is 7.53. The molecular weight excluding hydrogens is 324 g/mol. The van der Waals surface area contributed by atoms with E-state index in [1.807, 2.05) is 45.0 Å². The molecule has 0 saturated carbocycles. The van der Waals surface area contributed by atoms with Crippen molar-refractivity contribution in [1.29, 1.82) is 0 Å². The first-order valence-corrected chi connectivity index (χ1v) is 6.88. The van der Waals surface area contributed by atoms with Crippen LogP contribution in [0.3, 0.4) is 0 Å². The fourth-order valence-electron chi connectivity index (χ4n) is 1.51. The molecule has 0 saturated heterocycles. The first kappa shape index (κ1) is 14.6. The second-order valence-corrected chi connectivity index (χ2v) is 6.15. The van der Waals surface area contributed by atoms with Crippen molar-refractivity contribution < 1.29 is 9.53 Å². The Morgan fingerprint density at radius 1 is 1.30 bits per heavy atom. The molecule has 0 atom stereocenters. The van der Waals surface area contributed by atoms with E-state index in [9.17, 15) is 4.79 Å². The Morgan fingerprint density at radius 3 is 2.55 bits per heavy atom. The van der Waals surface area contributed by atoms with Gasteiger partial charge in [0, 0.05) is 10.0 Å². The van der Waals surface area contributed by atoms with Crippen LogP contribution in [0.4, 0.5) is 0 Å². The van der Waals surface area contributed by atoms with Gasteiger partial charge in [0.25, 0.3) is 0 Å². The molecule has 0 aliphatic carbocycles. The van der Waals surface area contributed by atoms with Crippen LogP contribution in [-0.4, -0.2) is 31.8 Å². The van der Waals surface area contributed by atoms with Crippen LogP contribution >= 0.6 is 15.9 Å². The number of aromatic nitrogens is 4. The molecule has 0 aliphatic heterocycles. The molecule has 1 aromatic heterocycles. The molecule has 2 aromatic rings. The Bertz CT molecular complexity index is 602. The minimum absolute atomic E-state index is 0.0548. The number of esters is 1. The Kier molecular flexibility index (Phi) is 4.17. The van der Waals surface area contributed by atoms with Crippen molar-refractivity contribution in [2.75, 3.05) is 0 Å². The van der Waals surface area contributed by atoms with Crippen molar-refractivity contribution in [3.8, 4) is 11.4 Å². The summed E-state index contributed by atoms with van der Waals surface area (Å²) in [5, 5.41) is 11.9. The number of nitrogens with zero attached hydrogens (tertiary/aromatic N) is 4. The standard InChI is InChI=1S/C13H15BrN4O2/c1-13(2,3)20-11(19)8-18-16-12(15-17-18)9-4-6-10(14)7-5-9/h4-7H,8H2,1-3H3. The van der Waals surface area contributed by atoms with Crippen LogP contribution < -0.4 is 0 Å². The normalized spacial score (nSPS) is 11.4. The second kappa shape index (κ2) is 5.70. The predicted octanol–water partition coefficient (Wildman–Crippen LogP) is 2.44. The molecule has 0 fully saturated rings. The lowest BCUT2D eigenvalue weighted by molar-refractivity contribution is -0.156. The zero-order valence-electron chi connectivity index (χ0n) is 11.5. The smallest absolute Gasteiger partial charge is 0.330 e. The maximum absolute atomic E-state index is 11.7. The van der Waals surface area contributed by atoms with Gasteiger partial charge in [-0.05, 0) is 50.3 Å². The van der Waals surface area contributed by atoms with Crippen LogP contribution in [0.2, 0.25) is 0 Å². The van der Waals surface area contributed by atoms with Gasteiger partial charge in [-0.1, -0.05) is 15.9 Å². The van der Waals surface area contributed by atoms with Crippen molar-refractivity contribution in [2.24, 2.45) is 0 Å². The minimum atomic E-state index is -0.522. The molecule has 0 bridgehead atoms. The van der Waals surface area contributed by atoms with Gasteiger partial charge in [0.1, 0.15) is 5.60 Å². The first-order chi connectivity index (χ1) is 9.33. The highest BCUT2D eigenvalue weighted by Crippen LogP contribution is 2.17. The van der Waals surface area contributed by atoms with E-state index in [-0.39, 0.29) is 6.54 Å². The number of tetrazole rings is 1. The lowest BCUT2D eigenvalue weighted by Gasteiger charge is -2.18. The molecular formula is C13H15BrN4O2. The van der Waals surface area contributed by atoms with Gasteiger partial charge < -0.3 is 4.74 Å². The number of rotatable bonds is 3. The maximum Gasteiger partial charge on any atom is 0.330 e. The van der Waals surface area contributed by atoms with E-state index in [2.05, 4.69) is 31.3 Å². The zero-order valence-corrected chi connectivity index (χ0v) is 13.1. The number of hydrogen-bond acceptors (Lipinski definition) is 5. The number of ether oxygens (including phenoxy) is 1. The number of carbonyl (C=O) groups excluding carboxylic acids is 1. The van der Waals surface area contributed by atoms with Gasteiger partial charge in [0.2, 0.25) is 5.82 Å². The summed E-state index contributed by atoms with van der Waals surface area (Å²) in [6.07, 6.45) is 0. The summed E-state index contributed by atoms with van der Waals surface area (Å²) in [4.78, 5) is 12.9. The molecule has 1 aromatic carbocycles. The average molecular weight is 339 g/mol. The van der Waals surface area contributed by atoms with E-state index in [0.29, 0.717) is 5.82 Å². The fourth-order valence-corrected chi connectivity index (χ4v) is 1.78. The average Bonchev–Trinajstić information content (AvgIpc) is 2.75. The summed E-state index contributed by atoms with van der Waals surface area (Å²) in [6.45, 7) is 5.38. The zero-order chi connectivity index (χ0) is 14.8. The lowest BCUT2D eigenvalue weighted by Crippen LogP contribution is -2.27. The van der Waals surface area contributed by atoms with Crippen molar-refractivity contribution >= 4 is 21.9 Å². The topological polar surface area (TPSA) is 69.9 Å². The molecule has 0 N–H and O–H groups in total. The molecule has 0 aliphatic rings. The molecule has 0 spiro atoms. The van der Waals surface area contributed by atoms with Gasteiger partial charge in [0.15, 0.2) is 6.54 Å². The van der Waals surface area contributed by atoms with Gasteiger partial charge >= 0.3 is 5.97 Å². The van der Waals surface area contributed by atoms with Crippen molar-refractivity contribution in [2.45, 2.75) is 32.9 Å². The summed E-state index contributed by atoms with van der Waals surface area (Å²) in [5.74, 6) is 0.0818. The van der Waals surface area contributed by atoms with E-state index >= 15 is 0 Å². The van der Waals surface area contributed by atoms with Gasteiger partial charge in [-0.25, -0.2) is 4.79 Å². The summed E-state index contributed by atoms with van der Waals surface area (Å²) in [5.41, 5.74) is 0.315. The number of halogens is 1. The van der Waals surface area contributed by atoms with Crippen molar-refractivity contribution in [1.82, 2.24) is 20.2 Å². The van der Waals surface area contributed by atoms with E-state index in [0.717, 1.165) is 10.0 Å². The highest BCUT2D eigenvalue weighted by atomic mass is 79.9. The molecule has 1 heterocycles. The first-order valence-electron chi connectivity index (χ1n) is 6.09. The number of hydrogen-bond donors (Lipinski definition) is 0. The van der Waals surface area contributed by atoms with Crippen LogP contribution in [-0.2, 0) is 16.1 Å². The molecule has 0 unspecified atom stereocenters. The molecule has 20 heavy (non-hydrogen) atoms. The molecule has 106 valence electrons. The Hall–Kier alpha value is -1.76. The monoisotopic (exact) mass is 338 g/mol. The van der Waals surface area contributed by atoms with Crippen molar-refractivity contribution in [3.63, 3.8) is 0 Å². The van der Waals surface area contributed by atoms with Gasteiger partial charge in [-0.3, -0.25) is 0 Å². The summed E-state index contributed by atoms with van der Waals surface area (Å²) in [7, 11) is 0. The number of benzene rings is 1. The summed E-state index contributed by atoms with van der Waals surface area (Å²) >= 11 is 3.36. The largest absolute Gasteiger partial charge is 0.459 e. The fraction of sp³-hybridized carbons (Fsp3) is 0.385. The van der Waals surface area contributed by atoms with Crippen LogP contribution in [0.5, 0.6) is 0 Å². The minimum Gasteiger partial charge on any atom is -0.459 e. The van der Waals surface area contributed by atoms with E-state index < -0.39 is 11.6 Å². The van der Waals surface area contributed by atoms with Gasteiger partial charge in [-0.2, -0.15) is 4.80 Å². The highest BCUT2D eigenvalue weighted by molar-refractivity contribution is 9.10. The Morgan fingerprint density at radius 2 is 1.95 bits per heavy atom. The SMILES string of the molecule is CC(C)(C)OC(=O)Cn1nnc(-c2ccc(Br)cc2)n1. The Labute approximate surface area is 125 Å². The van der Waals surface area contributed by atoms with Crippen LogP contribution in [0.15, 0.2) is 28.7 Å². The predicted molar refractivity (Wildman–Crippen MR) is 76.8 cm³/mol. The molecule has 7 heteroatoms. The lowest BCUT2D eigenvalue weighted by atomic mass is 10.2. The third-order valence-corrected chi connectivity index (χ3v) is 2.77. The van der Waals surface area contributed by atoms with Crippen LogP contribution in [0.1, 0.15) is 20.8 Å². The van der Waals surface area contributed by atoms with E-state index in [4.69, 9.17) is 4.74 Å². The molecule has 0 amide bonds. The Balaban J connectivity index is 2.06. The third-order valence-electron chi connectivity index (χ3n) is 2.25. The molecule has 2 rings (SSSR count). The van der Waals surface area contributed by atoms with Crippen LogP contribution in [0, 0.1) is 0 Å². The molecule has 6 nitrogen and oxygen atoms in total. The second-order valence-electron chi connectivity index (χ2n) is 5.24. The van der Waals surface area contributed by atoms with Gasteiger partial charge in [-0.15, -0.1) is 10.2 Å².